The maximum Gasteiger partial charge on any atom is 0.00733 e. The molecular weight excluding hydrogens is 468 g/mol. The number of benzene rings is 4. The van der Waals surface area contributed by atoms with Crippen molar-refractivity contribution in [2.45, 2.75) is 98.3 Å². The third-order valence-corrected chi connectivity index (χ3v) is 8.25. The van der Waals surface area contributed by atoms with E-state index in [-0.39, 0.29) is 0 Å². The molecule has 2 atom stereocenters. The summed E-state index contributed by atoms with van der Waals surface area (Å²) in [5, 5.41) is 0. The fourth-order valence-corrected chi connectivity index (χ4v) is 6.17. The van der Waals surface area contributed by atoms with Gasteiger partial charge < -0.3 is 0 Å². The average molecular weight is 519 g/mol. The summed E-state index contributed by atoms with van der Waals surface area (Å²) in [6.07, 6.45) is 6.67. The van der Waals surface area contributed by atoms with Gasteiger partial charge in [-0.2, -0.15) is 0 Å². The van der Waals surface area contributed by atoms with Crippen molar-refractivity contribution in [3.63, 3.8) is 0 Å². The highest BCUT2D eigenvalue weighted by Crippen LogP contribution is 2.43. The van der Waals surface area contributed by atoms with Gasteiger partial charge in [0.05, 0.1) is 0 Å². The van der Waals surface area contributed by atoms with Crippen molar-refractivity contribution in [2.75, 3.05) is 0 Å². The standard InChI is InChI=1S/C14H12.C11H14.C10H12.2C2H6/c1-10-11-6-2-4-8-13(11)14-9-5-3-7-12(10)14;1-9-5-4-7-10-6-2-3-8-11(9)10;1-8-6-7-9-4-2-3-5-10(8)9;2*1-2/h2-10H,1H3;2-3,6,8-9H,4-5,7H2,1H3;2-5,8H,6-7H2,1H3;2*1-2H3. The van der Waals surface area contributed by atoms with Crippen LogP contribution in [0.2, 0.25) is 0 Å². The summed E-state index contributed by atoms with van der Waals surface area (Å²) in [6.45, 7) is 14.9. The molecule has 0 spiro atoms. The number of hydrogen-bond acceptors (Lipinski definition) is 0. The second-order valence-electron chi connectivity index (χ2n) is 10.5. The third kappa shape index (κ3) is 7.30. The van der Waals surface area contributed by atoms with E-state index in [9.17, 15) is 0 Å². The first-order valence-electron chi connectivity index (χ1n) is 15.5. The van der Waals surface area contributed by atoms with E-state index in [0.29, 0.717) is 5.92 Å². The van der Waals surface area contributed by atoms with Crippen LogP contribution in [0.25, 0.3) is 11.1 Å². The molecule has 0 heteroatoms. The van der Waals surface area contributed by atoms with Crippen LogP contribution in [0.4, 0.5) is 0 Å². The normalized spacial score (nSPS) is 17.5. The van der Waals surface area contributed by atoms with E-state index in [2.05, 4.69) is 118 Å². The zero-order valence-corrected chi connectivity index (χ0v) is 25.5. The maximum absolute atomic E-state index is 2.33. The molecule has 0 saturated carbocycles. The van der Waals surface area contributed by atoms with Gasteiger partial charge in [-0.1, -0.05) is 146 Å². The van der Waals surface area contributed by atoms with Crippen molar-refractivity contribution in [1.82, 2.24) is 0 Å². The summed E-state index contributed by atoms with van der Waals surface area (Å²) >= 11 is 0. The first-order valence-corrected chi connectivity index (χ1v) is 15.5. The van der Waals surface area contributed by atoms with Gasteiger partial charge in [0.2, 0.25) is 0 Å². The van der Waals surface area contributed by atoms with Crippen LogP contribution in [-0.2, 0) is 12.8 Å². The van der Waals surface area contributed by atoms with Crippen LogP contribution in [0.5, 0.6) is 0 Å². The Balaban J connectivity index is 0.000000154. The number of rotatable bonds is 0. The molecule has 0 aromatic heterocycles. The monoisotopic (exact) mass is 518 g/mol. The summed E-state index contributed by atoms with van der Waals surface area (Å²) in [6, 6.07) is 35.0. The van der Waals surface area contributed by atoms with Crippen LogP contribution >= 0.6 is 0 Å². The van der Waals surface area contributed by atoms with Crippen LogP contribution in [0, 0.1) is 0 Å². The quantitative estimate of drug-likeness (QED) is 0.217. The minimum absolute atomic E-state index is 0.558. The smallest absolute Gasteiger partial charge is 0.00733 e. The Morgan fingerprint density at radius 3 is 1.28 bits per heavy atom. The Kier molecular flexibility index (Phi) is 12.1. The highest BCUT2D eigenvalue weighted by Gasteiger charge is 2.23. The highest BCUT2D eigenvalue weighted by atomic mass is 14.3. The van der Waals surface area contributed by atoms with E-state index < -0.39 is 0 Å². The molecule has 0 bridgehead atoms. The summed E-state index contributed by atoms with van der Waals surface area (Å²) in [7, 11) is 0. The van der Waals surface area contributed by atoms with Crippen LogP contribution in [0.1, 0.15) is 119 Å². The first kappa shape index (κ1) is 30.4. The predicted octanol–water partition coefficient (Wildman–Crippen LogP) is 11.7. The van der Waals surface area contributed by atoms with Gasteiger partial charge in [0.1, 0.15) is 0 Å². The molecule has 0 amide bonds. The van der Waals surface area contributed by atoms with E-state index in [0.717, 1.165) is 11.8 Å². The first-order chi connectivity index (χ1) is 19.1. The van der Waals surface area contributed by atoms with Crippen molar-refractivity contribution in [1.29, 1.82) is 0 Å². The molecule has 0 aliphatic heterocycles. The Bertz CT molecular complexity index is 1230. The second-order valence-corrected chi connectivity index (χ2v) is 10.5. The van der Waals surface area contributed by atoms with Gasteiger partial charge in [-0.15, -0.1) is 0 Å². The predicted molar refractivity (Wildman–Crippen MR) is 173 cm³/mol. The average Bonchev–Trinajstić information content (AvgIpc) is 3.54. The molecule has 206 valence electrons. The summed E-state index contributed by atoms with van der Waals surface area (Å²) in [4.78, 5) is 0. The van der Waals surface area contributed by atoms with E-state index in [1.807, 2.05) is 27.7 Å². The van der Waals surface area contributed by atoms with Crippen LogP contribution < -0.4 is 0 Å². The van der Waals surface area contributed by atoms with E-state index in [1.54, 1.807) is 22.3 Å². The van der Waals surface area contributed by atoms with Gasteiger partial charge in [0, 0.05) is 5.92 Å². The summed E-state index contributed by atoms with van der Waals surface area (Å²) in [5.41, 5.74) is 12.1. The largest absolute Gasteiger partial charge is 0.0683 e. The molecule has 7 rings (SSSR count). The van der Waals surface area contributed by atoms with Gasteiger partial charge >= 0.3 is 0 Å². The molecule has 0 fully saturated rings. The zero-order valence-electron chi connectivity index (χ0n) is 25.5. The van der Waals surface area contributed by atoms with Gasteiger partial charge in [0.25, 0.3) is 0 Å². The molecule has 2 unspecified atom stereocenters. The Morgan fingerprint density at radius 1 is 0.436 bits per heavy atom. The van der Waals surface area contributed by atoms with Gasteiger partial charge in [0.15, 0.2) is 0 Å². The lowest BCUT2D eigenvalue weighted by Gasteiger charge is -2.21. The lowest BCUT2D eigenvalue weighted by molar-refractivity contribution is 0.590. The van der Waals surface area contributed by atoms with Crippen LogP contribution in [0.3, 0.4) is 0 Å². The minimum Gasteiger partial charge on any atom is -0.0683 e. The fourth-order valence-electron chi connectivity index (χ4n) is 6.17. The molecule has 4 aromatic carbocycles. The summed E-state index contributed by atoms with van der Waals surface area (Å²) < 4.78 is 0. The molecule has 3 aliphatic rings. The van der Waals surface area contributed by atoms with Crippen molar-refractivity contribution in [3.8, 4) is 11.1 Å². The molecule has 4 aromatic rings. The molecule has 0 saturated heterocycles. The summed E-state index contributed by atoms with van der Waals surface area (Å²) in [5.74, 6) is 2.15. The molecule has 39 heavy (non-hydrogen) atoms. The minimum atomic E-state index is 0.558. The SMILES string of the molecule is CC.CC.CC1CCCc2ccccc21.CC1CCc2ccccc21.CC1c2ccccc2-c2ccccc21. The number of aryl methyl sites for hydroxylation is 2. The van der Waals surface area contributed by atoms with Crippen LogP contribution in [-0.4, -0.2) is 0 Å². The zero-order chi connectivity index (χ0) is 28.2. The maximum atomic E-state index is 2.33. The Hall–Kier alpha value is -3.12. The molecule has 0 N–H and O–H groups in total. The fraction of sp³-hybridized carbons (Fsp3) is 0.385. The number of hydrogen-bond donors (Lipinski definition) is 0. The second kappa shape index (κ2) is 15.5. The molecule has 3 aliphatic carbocycles. The Labute approximate surface area is 239 Å². The van der Waals surface area contributed by atoms with Crippen molar-refractivity contribution in [3.05, 3.63) is 130 Å². The van der Waals surface area contributed by atoms with E-state index in [1.165, 1.54) is 54.4 Å². The molecule has 0 radical (unpaired) electrons. The lowest BCUT2D eigenvalue weighted by atomic mass is 9.84. The molecule has 0 heterocycles. The number of fused-ring (bicyclic) bond motifs is 5. The molecular formula is C39H50. The van der Waals surface area contributed by atoms with E-state index >= 15 is 0 Å². The van der Waals surface area contributed by atoms with Crippen LogP contribution in [0.15, 0.2) is 97.1 Å². The Morgan fingerprint density at radius 2 is 0.821 bits per heavy atom. The highest BCUT2D eigenvalue weighted by molar-refractivity contribution is 5.78. The lowest BCUT2D eigenvalue weighted by Crippen LogP contribution is -2.05. The van der Waals surface area contributed by atoms with Crippen molar-refractivity contribution >= 4 is 0 Å². The topological polar surface area (TPSA) is 0 Å². The third-order valence-electron chi connectivity index (χ3n) is 8.25. The van der Waals surface area contributed by atoms with Crippen molar-refractivity contribution in [2.24, 2.45) is 0 Å². The van der Waals surface area contributed by atoms with E-state index in [4.69, 9.17) is 0 Å². The van der Waals surface area contributed by atoms with Gasteiger partial charge in [-0.25, -0.2) is 0 Å². The van der Waals surface area contributed by atoms with Crippen molar-refractivity contribution < 1.29 is 0 Å². The van der Waals surface area contributed by atoms with Gasteiger partial charge in [-0.05, 0) is 88.4 Å². The van der Waals surface area contributed by atoms with Gasteiger partial charge in [-0.3, -0.25) is 0 Å². The molecule has 0 nitrogen and oxygen atoms in total.